The molecule has 1 aromatic carbocycles. The van der Waals surface area contributed by atoms with Crippen molar-refractivity contribution in [1.29, 1.82) is 0 Å². The van der Waals surface area contributed by atoms with Gasteiger partial charge in [0.15, 0.2) is 0 Å². The number of aliphatic hydroxyl groups is 1. The van der Waals surface area contributed by atoms with E-state index >= 15 is 0 Å². The first-order valence-electron chi connectivity index (χ1n) is 7.61. The fourth-order valence-electron chi connectivity index (χ4n) is 2.80. The number of aliphatic hydroxyl groups excluding tert-OH is 1. The Morgan fingerprint density at radius 1 is 1.55 bits per heavy atom. The predicted octanol–water partition coefficient (Wildman–Crippen LogP) is 1.45. The van der Waals surface area contributed by atoms with Crippen molar-refractivity contribution in [2.75, 3.05) is 44.8 Å². The molecule has 1 N–H and O–H groups in total. The Morgan fingerprint density at radius 2 is 2.36 bits per heavy atom. The summed E-state index contributed by atoms with van der Waals surface area (Å²) in [5, 5.41) is 9.09. The molecule has 0 saturated carbocycles. The molecule has 0 saturated heterocycles. The van der Waals surface area contributed by atoms with Gasteiger partial charge in [-0.3, -0.25) is 9.69 Å². The lowest BCUT2D eigenvalue weighted by Crippen LogP contribution is -2.43. The van der Waals surface area contributed by atoms with E-state index in [1.165, 1.54) is 0 Å². The molecule has 120 valence electrons. The molecule has 1 amide bonds. The second kappa shape index (κ2) is 7.96. The minimum absolute atomic E-state index is 0.0366. The van der Waals surface area contributed by atoms with Crippen LogP contribution in [0.5, 0.6) is 5.75 Å². The Hall–Kier alpha value is -1.85. The SMILES string of the molecule is C=CCN(CCO)CC(=O)N1CCCc2cc(OC)ccc21. The van der Waals surface area contributed by atoms with E-state index in [1.807, 2.05) is 28.0 Å². The van der Waals surface area contributed by atoms with Crippen molar-refractivity contribution in [3.8, 4) is 5.75 Å². The van der Waals surface area contributed by atoms with E-state index in [9.17, 15) is 4.79 Å². The van der Waals surface area contributed by atoms with Crippen LogP contribution in [0.4, 0.5) is 5.69 Å². The zero-order valence-electron chi connectivity index (χ0n) is 13.1. The molecule has 22 heavy (non-hydrogen) atoms. The Kier molecular flexibility index (Phi) is 5.98. The lowest BCUT2D eigenvalue weighted by atomic mass is 10.0. The van der Waals surface area contributed by atoms with Crippen LogP contribution >= 0.6 is 0 Å². The van der Waals surface area contributed by atoms with Crippen molar-refractivity contribution < 1.29 is 14.6 Å². The number of carbonyl (C=O) groups excluding carboxylic acids is 1. The highest BCUT2D eigenvalue weighted by Crippen LogP contribution is 2.30. The minimum Gasteiger partial charge on any atom is -0.497 e. The van der Waals surface area contributed by atoms with Gasteiger partial charge in [-0.15, -0.1) is 6.58 Å². The Balaban J connectivity index is 2.13. The molecule has 0 radical (unpaired) electrons. The summed E-state index contributed by atoms with van der Waals surface area (Å²) in [4.78, 5) is 16.3. The number of fused-ring (bicyclic) bond motifs is 1. The first-order valence-corrected chi connectivity index (χ1v) is 7.61. The van der Waals surface area contributed by atoms with Crippen LogP contribution < -0.4 is 9.64 Å². The van der Waals surface area contributed by atoms with Crippen molar-refractivity contribution in [3.05, 3.63) is 36.4 Å². The molecule has 0 bridgehead atoms. The van der Waals surface area contributed by atoms with Crippen LogP contribution in [0.2, 0.25) is 0 Å². The van der Waals surface area contributed by atoms with Gasteiger partial charge in [-0.2, -0.15) is 0 Å². The van der Waals surface area contributed by atoms with Crippen LogP contribution in [0.25, 0.3) is 0 Å². The highest BCUT2D eigenvalue weighted by molar-refractivity contribution is 5.96. The monoisotopic (exact) mass is 304 g/mol. The lowest BCUT2D eigenvalue weighted by molar-refractivity contribution is -0.119. The maximum atomic E-state index is 12.6. The number of carbonyl (C=O) groups is 1. The molecule has 0 aromatic heterocycles. The fourth-order valence-corrected chi connectivity index (χ4v) is 2.80. The average molecular weight is 304 g/mol. The number of amides is 1. The first-order chi connectivity index (χ1) is 10.7. The Morgan fingerprint density at radius 3 is 3.05 bits per heavy atom. The molecule has 0 fully saturated rings. The molecule has 1 aromatic rings. The van der Waals surface area contributed by atoms with Crippen LogP contribution in [0.1, 0.15) is 12.0 Å². The predicted molar refractivity (Wildman–Crippen MR) is 87.4 cm³/mol. The van der Waals surface area contributed by atoms with Crippen molar-refractivity contribution in [2.24, 2.45) is 0 Å². The summed E-state index contributed by atoms with van der Waals surface area (Å²) >= 11 is 0. The quantitative estimate of drug-likeness (QED) is 0.775. The third-order valence-electron chi connectivity index (χ3n) is 3.87. The summed E-state index contributed by atoms with van der Waals surface area (Å²) in [7, 11) is 1.65. The van der Waals surface area contributed by atoms with Gasteiger partial charge in [0.05, 0.1) is 20.3 Å². The van der Waals surface area contributed by atoms with Crippen LogP contribution in [0.3, 0.4) is 0 Å². The Bertz CT molecular complexity index is 531. The summed E-state index contributed by atoms with van der Waals surface area (Å²) in [5.41, 5.74) is 2.12. The number of anilines is 1. The summed E-state index contributed by atoms with van der Waals surface area (Å²) in [6, 6.07) is 5.85. The maximum absolute atomic E-state index is 12.6. The number of rotatable bonds is 7. The van der Waals surface area contributed by atoms with Gasteiger partial charge in [0.1, 0.15) is 5.75 Å². The molecular weight excluding hydrogens is 280 g/mol. The van der Waals surface area contributed by atoms with Gasteiger partial charge in [0.25, 0.3) is 0 Å². The van der Waals surface area contributed by atoms with E-state index in [1.54, 1.807) is 13.2 Å². The van der Waals surface area contributed by atoms with Crippen molar-refractivity contribution in [2.45, 2.75) is 12.8 Å². The van der Waals surface area contributed by atoms with Crippen LogP contribution in [-0.4, -0.2) is 55.8 Å². The summed E-state index contributed by atoms with van der Waals surface area (Å²) < 4.78 is 5.25. The topological polar surface area (TPSA) is 53.0 Å². The fraction of sp³-hybridized carbons (Fsp3) is 0.471. The van der Waals surface area contributed by atoms with E-state index in [0.717, 1.165) is 36.4 Å². The van der Waals surface area contributed by atoms with Gasteiger partial charge < -0.3 is 14.7 Å². The maximum Gasteiger partial charge on any atom is 0.241 e. The Labute approximate surface area is 131 Å². The molecule has 0 aliphatic carbocycles. The molecular formula is C17H24N2O3. The second-order valence-corrected chi connectivity index (χ2v) is 5.39. The molecule has 1 aliphatic rings. The van der Waals surface area contributed by atoms with Gasteiger partial charge >= 0.3 is 0 Å². The normalized spacial score (nSPS) is 13.9. The number of methoxy groups -OCH3 is 1. The van der Waals surface area contributed by atoms with E-state index in [2.05, 4.69) is 6.58 Å². The van der Waals surface area contributed by atoms with E-state index in [0.29, 0.717) is 13.1 Å². The number of nitrogens with zero attached hydrogens (tertiary/aromatic N) is 2. The van der Waals surface area contributed by atoms with Crippen molar-refractivity contribution in [3.63, 3.8) is 0 Å². The molecule has 0 spiro atoms. The molecule has 1 aliphatic heterocycles. The molecule has 0 unspecified atom stereocenters. The third kappa shape index (κ3) is 3.87. The molecule has 5 nitrogen and oxygen atoms in total. The van der Waals surface area contributed by atoms with Crippen molar-refractivity contribution in [1.82, 2.24) is 4.90 Å². The molecule has 0 atom stereocenters. The number of ether oxygens (including phenoxy) is 1. The second-order valence-electron chi connectivity index (χ2n) is 5.39. The van der Waals surface area contributed by atoms with Gasteiger partial charge in [-0.05, 0) is 36.6 Å². The lowest BCUT2D eigenvalue weighted by Gasteiger charge is -2.31. The zero-order chi connectivity index (χ0) is 15.9. The number of hydrogen-bond acceptors (Lipinski definition) is 4. The van der Waals surface area contributed by atoms with Gasteiger partial charge in [0.2, 0.25) is 5.91 Å². The van der Waals surface area contributed by atoms with Gasteiger partial charge in [-0.1, -0.05) is 6.08 Å². The third-order valence-corrected chi connectivity index (χ3v) is 3.87. The minimum atomic E-state index is 0.0366. The van der Waals surface area contributed by atoms with E-state index in [-0.39, 0.29) is 19.1 Å². The van der Waals surface area contributed by atoms with E-state index < -0.39 is 0 Å². The van der Waals surface area contributed by atoms with Gasteiger partial charge in [0, 0.05) is 25.3 Å². The van der Waals surface area contributed by atoms with Crippen LogP contribution in [-0.2, 0) is 11.2 Å². The summed E-state index contributed by atoms with van der Waals surface area (Å²) in [5.74, 6) is 0.878. The summed E-state index contributed by atoms with van der Waals surface area (Å²) in [6.45, 7) is 5.82. The standard InChI is InChI=1S/C17H24N2O3/c1-3-8-18(10-11-20)13-17(21)19-9-4-5-14-12-15(22-2)6-7-16(14)19/h3,6-7,12,20H,1,4-5,8-11,13H2,2H3. The largest absolute Gasteiger partial charge is 0.497 e. The molecule has 5 heteroatoms. The smallest absolute Gasteiger partial charge is 0.241 e. The number of aryl methyl sites for hydroxylation is 1. The number of hydrogen-bond donors (Lipinski definition) is 1. The van der Waals surface area contributed by atoms with Crippen LogP contribution in [0.15, 0.2) is 30.9 Å². The first kappa shape index (κ1) is 16.5. The highest BCUT2D eigenvalue weighted by atomic mass is 16.5. The molecule has 1 heterocycles. The van der Waals surface area contributed by atoms with E-state index in [4.69, 9.17) is 9.84 Å². The molecule has 2 rings (SSSR count). The summed E-state index contributed by atoms with van der Waals surface area (Å²) in [6.07, 6.45) is 3.66. The number of benzene rings is 1. The average Bonchev–Trinajstić information content (AvgIpc) is 2.54. The van der Waals surface area contributed by atoms with Gasteiger partial charge in [-0.25, -0.2) is 0 Å². The highest BCUT2D eigenvalue weighted by Gasteiger charge is 2.24. The van der Waals surface area contributed by atoms with Crippen LogP contribution in [0, 0.1) is 0 Å². The van der Waals surface area contributed by atoms with Crippen molar-refractivity contribution >= 4 is 11.6 Å². The zero-order valence-corrected chi connectivity index (χ0v) is 13.1.